The normalized spacial score (nSPS) is 10.8. The maximum absolute atomic E-state index is 12.1. The molecule has 0 saturated carbocycles. The number of ether oxygens (including phenoxy) is 1. The standard InChI is InChI=1S/C19H24N4O2.ClH/c1-23(2)14-13-18(15-7-5-4-6-8-15)21-22-19(24)20-16-9-11-17(25-3)12-10-16;/h4-12H,13-14H2,1-3H3,(H2,20,22,24);1H/b21-18-;. The summed E-state index contributed by atoms with van der Waals surface area (Å²) in [6.45, 7) is 0.843. The van der Waals surface area contributed by atoms with Crippen molar-refractivity contribution >= 4 is 29.8 Å². The number of carbonyl (C=O) groups excluding carboxylic acids is 1. The van der Waals surface area contributed by atoms with Crippen LogP contribution in [0.15, 0.2) is 59.7 Å². The number of anilines is 1. The zero-order chi connectivity index (χ0) is 18.1. The maximum Gasteiger partial charge on any atom is 0.339 e. The van der Waals surface area contributed by atoms with E-state index in [1.807, 2.05) is 44.4 Å². The van der Waals surface area contributed by atoms with Crippen LogP contribution in [-0.4, -0.2) is 44.4 Å². The number of rotatable bonds is 7. The Morgan fingerprint density at radius 3 is 2.31 bits per heavy atom. The van der Waals surface area contributed by atoms with Crippen LogP contribution in [0.3, 0.4) is 0 Å². The minimum Gasteiger partial charge on any atom is -0.497 e. The van der Waals surface area contributed by atoms with Gasteiger partial charge in [-0.25, -0.2) is 10.2 Å². The van der Waals surface area contributed by atoms with Crippen molar-refractivity contribution in [2.45, 2.75) is 6.42 Å². The van der Waals surface area contributed by atoms with Gasteiger partial charge in [0, 0.05) is 18.7 Å². The molecule has 0 aromatic heterocycles. The Labute approximate surface area is 160 Å². The molecule has 2 aromatic carbocycles. The third-order valence-electron chi connectivity index (χ3n) is 3.54. The SMILES string of the molecule is COc1ccc(NC(=O)N/N=C(/CCN(C)C)c2ccccc2)cc1.Cl. The molecule has 0 aliphatic rings. The summed E-state index contributed by atoms with van der Waals surface area (Å²) in [5.41, 5.74) is 5.07. The molecule has 6 nitrogen and oxygen atoms in total. The lowest BCUT2D eigenvalue weighted by Gasteiger charge is -2.12. The van der Waals surface area contributed by atoms with Gasteiger partial charge in [-0.15, -0.1) is 12.4 Å². The molecule has 0 saturated heterocycles. The Morgan fingerprint density at radius 2 is 1.73 bits per heavy atom. The Balaban J connectivity index is 0.00000338. The molecule has 0 fully saturated rings. The molecular formula is C19H25ClN4O2. The molecule has 0 radical (unpaired) electrons. The fraction of sp³-hybridized carbons (Fsp3) is 0.263. The van der Waals surface area contributed by atoms with Crippen LogP contribution in [-0.2, 0) is 0 Å². The number of hydrogen-bond acceptors (Lipinski definition) is 4. The Kier molecular flexibility index (Phi) is 9.19. The number of urea groups is 1. The van der Waals surface area contributed by atoms with E-state index >= 15 is 0 Å². The van der Waals surface area contributed by atoms with Crippen LogP contribution in [0.2, 0.25) is 0 Å². The molecule has 0 unspecified atom stereocenters. The summed E-state index contributed by atoms with van der Waals surface area (Å²) in [6.07, 6.45) is 0.736. The first kappa shape index (κ1) is 21.5. The van der Waals surface area contributed by atoms with Crippen molar-refractivity contribution in [3.63, 3.8) is 0 Å². The summed E-state index contributed by atoms with van der Waals surface area (Å²) in [5, 5.41) is 7.04. The molecule has 0 atom stereocenters. The average molecular weight is 377 g/mol. The molecule has 7 heteroatoms. The molecule has 0 aliphatic carbocycles. The maximum atomic E-state index is 12.1. The average Bonchev–Trinajstić information content (AvgIpc) is 2.63. The van der Waals surface area contributed by atoms with Gasteiger partial charge >= 0.3 is 6.03 Å². The van der Waals surface area contributed by atoms with Crippen LogP contribution in [0.5, 0.6) is 5.75 Å². The van der Waals surface area contributed by atoms with Gasteiger partial charge in [-0.05, 0) is 43.9 Å². The van der Waals surface area contributed by atoms with Gasteiger partial charge < -0.3 is 15.0 Å². The van der Waals surface area contributed by atoms with Gasteiger partial charge in [0.15, 0.2) is 0 Å². The summed E-state index contributed by atoms with van der Waals surface area (Å²) in [6, 6.07) is 16.6. The fourth-order valence-corrected chi connectivity index (χ4v) is 2.18. The van der Waals surface area contributed by atoms with Gasteiger partial charge in [0.2, 0.25) is 0 Å². The van der Waals surface area contributed by atoms with Gasteiger partial charge in [-0.3, -0.25) is 0 Å². The molecule has 0 heterocycles. The van der Waals surface area contributed by atoms with E-state index in [1.54, 1.807) is 31.4 Å². The molecule has 0 aliphatic heterocycles. The van der Waals surface area contributed by atoms with Crippen molar-refractivity contribution in [2.24, 2.45) is 5.10 Å². The van der Waals surface area contributed by atoms with Gasteiger partial charge in [0.1, 0.15) is 5.75 Å². The van der Waals surface area contributed by atoms with Crippen molar-refractivity contribution in [1.29, 1.82) is 0 Å². The monoisotopic (exact) mass is 376 g/mol. The second kappa shape index (κ2) is 11.1. The topological polar surface area (TPSA) is 66.0 Å². The zero-order valence-electron chi connectivity index (χ0n) is 15.2. The highest BCUT2D eigenvalue weighted by Gasteiger charge is 2.06. The Hall–Kier alpha value is -2.57. The highest BCUT2D eigenvalue weighted by atomic mass is 35.5. The van der Waals surface area contributed by atoms with Crippen LogP contribution in [0.4, 0.5) is 10.5 Å². The lowest BCUT2D eigenvalue weighted by molar-refractivity contribution is 0.252. The lowest BCUT2D eigenvalue weighted by Crippen LogP contribution is -2.26. The van der Waals surface area contributed by atoms with Crippen LogP contribution < -0.4 is 15.5 Å². The Morgan fingerprint density at radius 1 is 1.08 bits per heavy atom. The zero-order valence-corrected chi connectivity index (χ0v) is 16.0. The van der Waals surface area contributed by atoms with Crippen molar-refractivity contribution in [3.05, 3.63) is 60.2 Å². The molecule has 26 heavy (non-hydrogen) atoms. The first-order valence-electron chi connectivity index (χ1n) is 8.06. The number of nitrogens with one attached hydrogen (secondary N) is 2. The van der Waals surface area contributed by atoms with Crippen LogP contribution in [0.1, 0.15) is 12.0 Å². The second-order valence-corrected chi connectivity index (χ2v) is 5.77. The van der Waals surface area contributed by atoms with Crippen LogP contribution in [0, 0.1) is 0 Å². The number of hydrazone groups is 1. The summed E-state index contributed by atoms with van der Waals surface area (Å²) in [7, 11) is 5.61. The minimum absolute atomic E-state index is 0. The molecule has 2 rings (SSSR count). The number of benzene rings is 2. The molecule has 2 N–H and O–H groups in total. The van der Waals surface area contributed by atoms with E-state index in [2.05, 4.69) is 20.7 Å². The summed E-state index contributed by atoms with van der Waals surface area (Å²) < 4.78 is 5.09. The van der Waals surface area contributed by atoms with Crippen LogP contribution >= 0.6 is 12.4 Å². The predicted octanol–water partition coefficient (Wildman–Crippen LogP) is 3.59. The smallest absolute Gasteiger partial charge is 0.339 e. The van der Waals surface area contributed by atoms with E-state index in [0.29, 0.717) is 5.69 Å². The number of nitrogens with zero attached hydrogens (tertiary/aromatic N) is 2. The number of hydrogen-bond donors (Lipinski definition) is 2. The van der Waals surface area contributed by atoms with Gasteiger partial charge in [-0.1, -0.05) is 30.3 Å². The third-order valence-corrected chi connectivity index (χ3v) is 3.54. The van der Waals surface area contributed by atoms with E-state index < -0.39 is 0 Å². The van der Waals surface area contributed by atoms with E-state index in [9.17, 15) is 4.79 Å². The predicted molar refractivity (Wildman–Crippen MR) is 109 cm³/mol. The highest BCUT2D eigenvalue weighted by molar-refractivity contribution is 6.01. The third kappa shape index (κ3) is 7.13. The van der Waals surface area contributed by atoms with E-state index in [0.717, 1.165) is 30.0 Å². The number of methoxy groups -OCH3 is 1. The summed E-state index contributed by atoms with van der Waals surface area (Å²) >= 11 is 0. The van der Waals surface area contributed by atoms with Crippen LogP contribution in [0.25, 0.3) is 0 Å². The molecule has 140 valence electrons. The molecular weight excluding hydrogens is 352 g/mol. The quantitative estimate of drug-likeness (QED) is 0.573. The van der Waals surface area contributed by atoms with Gasteiger partial charge in [0.05, 0.1) is 12.8 Å². The number of amides is 2. The molecule has 0 spiro atoms. The minimum atomic E-state index is -0.386. The molecule has 0 bridgehead atoms. The second-order valence-electron chi connectivity index (χ2n) is 5.77. The van der Waals surface area contributed by atoms with Gasteiger partial charge in [-0.2, -0.15) is 5.10 Å². The molecule has 2 aromatic rings. The van der Waals surface area contributed by atoms with E-state index in [1.165, 1.54) is 0 Å². The van der Waals surface area contributed by atoms with Crippen molar-refractivity contribution in [2.75, 3.05) is 33.1 Å². The highest BCUT2D eigenvalue weighted by Crippen LogP contribution is 2.14. The fourth-order valence-electron chi connectivity index (χ4n) is 2.18. The van der Waals surface area contributed by atoms with Crippen molar-refractivity contribution in [1.82, 2.24) is 10.3 Å². The number of halogens is 1. The van der Waals surface area contributed by atoms with Gasteiger partial charge in [0.25, 0.3) is 0 Å². The number of carbonyl (C=O) groups is 1. The van der Waals surface area contributed by atoms with Crippen molar-refractivity contribution < 1.29 is 9.53 Å². The largest absolute Gasteiger partial charge is 0.497 e. The van der Waals surface area contributed by atoms with E-state index in [-0.39, 0.29) is 18.4 Å². The van der Waals surface area contributed by atoms with E-state index in [4.69, 9.17) is 4.74 Å². The summed E-state index contributed by atoms with van der Waals surface area (Å²) in [4.78, 5) is 14.1. The Bertz CT molecular complexity index is 703. The summed E-state index contributed by atoms with van der Waals surface area (Å²) in [5.74, 6) is 0.735. The first-order valence-corrected chi connectivity index (χ1v) is 8.06. The lowest BCUT2D eigenvalue weighted by atomic mass is 10.1. The first-order chi connectivity index (χ1) is 12.1. The van der Waals surface area contributed by atoms with Crippen molar-refractivity contribution in [3.8, 4) is 5.75 Å². The molecule has 2 amide bonds.